The molecule has 0 bridgehead atoms. The van der Waals surface area contributed by atoms with Crippen LogP contribution in [0.3, 0.4) is 0 Å². The summed E-state index contributed by atoms with van der Waals surface area (Å²) in [6.45, 7) is 1.79. The molecule has 0 aliphatic carbocycles. The van der Waals surface area contributed by atoms with Crippen LogP contribution in [-0.4, -0.2) is 26.4 Å². The third kappa shape index (κ3) is 1.90. The molecule has 1 aliphatic rings. The minimum Gasteiger partial charge on any atom is -0.385 e. The van der Waals surface area contributed by atoms with Gasteiger partial charge in [0.05, 0.1) is 12.7 Å². The molecule has 0 amide bonds. The highest BCUT2D eigenvalue weighted by atomic mass is 16.6. The number of epoxide rings is 1. The van der Waals surface area contributed by atoms with Gasteiger partial charge in [0, 0.05) is 13.7 Å². The molecular formula is C5H10O2. The fraction of sp³-hybridized carbons (Fsp3) is 1.00. The molecule has 2 nitrogen and oxygen atoms in total. The Bertz CT molecular complexity index is 50.0. The molecule has 1 atom stereocenters. The standard InChI is InChI=1S/C5H10O2/c1-6-3-2-5-4-7-5/h5H,2-4H2,1H3. The van der Waals surface area contributed by atoms with Crippen LogP contribution in [0.1, 0.15) is 6.42 Å². The van der Waals surface area contributed by atoms with E-state index in [1.54, 1.807) is 7.11 Å². The van der Waals surface area contributed by atoms with Crippen LogP contribution in [0.25, 0.3) is 0 Å². The third-order valence-corrected chi connectivity index (χ3v) is 1.05. The lowest BCUT2D eigenvalue weighted by atomic mass is 10.4. The lowest BCUT2D eigenvalue weighted by Gasteiger charge is -1.89. The summed E-state index contributed by atoms with van der Waals surface area (Å²) in [5.74, 6) is 0. The minimum absolute atomic E-state index is 0.528. The van der Waals surface area contributed by atoms with E-state index < -0.39 is 0 Å². The maximum atomic E-state index is 4.93. The summed E-state index contributed by atoms with van der Waals surface area (Å²) in [5, 5.41) is 0. The van der Waals surface area contributed by atoms with E-state index in [1.807, 2.05) is 0 Å². The molecule has 7 heavy (non-hydrogen) atoms. The number of rotatable bonds is 3. The average Bonchev–Trinajstić information content (AvgIpc) is 2.42. The molecule has 1 aliphatic heterocycles. The Morgan fingerprint density at radius 3 is 3.00 bits per heavy atom. The molecule has 0 saturated carbocycles. The zero-order valence-electron chi connectivity index (χ0n) is 4.52. The quantitative estimate of drug-likeness (QED) is 0.482. The zero-order chi connectivity index (χ0) is 5.11. The number of hydrogen-bond acceptors (Lipinski definition) is 2. The maximum Gasteiger partial charge on any atom is 0.0831 e. The number of ether oxygens (including phenoxy) is 2. The first kappa shape index (κ1) is 5.06. The second-order valence-electron chi connectivity index (χ2n) is 1.74. The van der Waals surface area contributed by atoms with Gasteiger partial charge in [-0.15, -0.1) is 0 Å². The summed E-state index contributed by atoms with van der Waals surface area (Å²) in [4.78, 5) is 0. The lowest BCUT2D eigenvalue weighted by molar-refractivity contribution is 0.184. The van der Waals surface area contributed by atoms with Crippen LogP contribution < -0.4 is 0 Å². The molecule has 0 spiro atoms. The Balaban J connectivity index is 1.80. The highest BCUT2D eigenvalue weighted by molar-refractivity contribution is 4.67. The summed E-state index contributed by atoms with van der Waals surface area (Å²) >= 11 is 0. The minimum atomic E-state index is 0.528. The molecule has 1 heterocycles. The van der Waals surface area contributed by atoms with E-state index in [1.165, 1.54) is 0 Å². The predicted octanol–water partition coefficient (Wildman–Crippen LogP) is 0.422. The largest absolute Gasteiger partial charge is 0.385 e. The molecule has 0 aromatic heterocycles. The fourth-order valence-corrected chi connectivity index (χ4v) is 0.484. The molecule has 42 valence electrons. The van der Waals surface area contributed by atoms with Crippen LogP contribution in [0.15, 0.2) is 0 Å². The Hall–Kier alpha value is -0.0800. The van der Waals surface area contributed by atoms with E-state index in [4.69, 9.17) is 9.47 Å². The number of methoxy groups -OCH3 is 1. The first-order valence-electron chi connectivity index (χ1n) is 2.54. The van der Waals surface area contributed by atoms with Gasteiger partial charge < -0.3 is 9.47 Å². The highest BCUT2D eigenvalue weighted by Crippen LogP contribution is 2.12. The summed E-state index contributed by atoms with van der Waals surface area (Å²) in [6, 6.07) is 0. The van der Waals surface area contributed by atoms with E-state index in [2.05, 4.69) is 0 Å². The molecule has 0 aromatic rings. The second kappa shape index (κ2) is 2.28. The highest BCUT2D eigenvalue weighted by Gasteiger charge is 2.20. The van der Waals surface area contributed by atoms with Gasteiger partial charge in [-0.05, 0) is 6.42 Å². The Morgan fingerprint density at radius 1 is 1.86 bits per heavy atom. The molecule has 1 fully saturated rings. The maximum absolute atomic E-state index is 4.93. The van der Waals surface area contributed by atoms with Crippen molar-refractivity contribution in [2.45, 2.75) is 12.5 Å². The van der Waals surface area contributed by atoms with Crippen molar-refractivity contribution in [2.24, 2.45) is 0 Å². The van der Waals surface area contributed by atoms with Crippen LogP contribution in [0.4, 0.5) is 0 Å². The van der Waals surface area contributed by atoms with Crippen LogP contribution in [-0.2, 0) is 9.47 Å². The predicted molar refractivity (Wildman–Crippen MR) is 26.2 cm³/mol. The summed E-state index contributed by atoms with van der Waals surface area (Å²) in [7, 11) is 1.71. The van der Waals surface area contributed by atoms with Gasteiger partial charge in [0.1, 0.15) is 0 Å². The van der Waals surface area contributed by atoms with Gasteiger partial charge in [-0.3, -0.25) is 0 Å². The summed E-state index contributed by atoms with van der Waals surface area (Å²) in [6.07, 6.45) is 1.59. The first-order valence-corrected chi connectivity index (χ1v) is 2.54. The summed E-state index contributed by atoms with van der Waals surface area (Å²) < 4.78 is 9.74. The van der Waals surface area contributed by atoms with Crippen molar-refractivity contribution in [2.75, 3.05) is 20.3 Å². The average molecular weight is 102 g/mol. The van der Waals surface area contributed by atoms with E-state index in [9.17, 15) is 0 Å². The van der Waals surface area contributed by atoms with Gasteiger partial charge >= 0.3 is 0 Å². The normalized spacial score (nSPS) is 27.9. The van der Waals surface area contributed by atoms with Crippen molar-refractivity contribution in [3.63, 3.8) is 0 Å². The van der Waals surface area contributed by atoms with Crippen molar-refractivity contribution >= 4 is 0 Å². The van der Waals surface area contributed by atoms with E-state index in [0.29, 0.717) is 6.10 Å². The van der Waals surface area contributed by atoms with Gasteiger partial charge in [-0.25, -0.2) is 0 Å². The SMILES string of the molecule is COCCC1CO1. The van der Waals surface area contributed by atoms with E-state index in [-0.39, 0.29) is 0 Å². The fourth-order valence-electron chi connectivity index (χ4n) is 0.484. The molecule has 1 rings (SSSR count). The monoisotopic (exact) mass is 102 g/mol. The molecule has 0 radical (unpaired) electrons. The van der Waals surface area contributed by atoms with Gasteiger partial charge in [-0.2, -0.15) is 0 Å². The van der Waals surface area contributed by atoms with E-state index >= 15 is 0 Å². The van der Waals surface area contributed by atoms with E-state index in [0.717, 1.165) is 19.6 Å². The second-order valence-corrected chi connectivity index (χ2v) is 1.74. The van der Waals surface area contributed by atoms with Gasteiger partial charge in [0.15, 0.2) is 0 Å². The van der Waals surface area contributed by atoms with Gasteiger partial charge in [0.2, 0.25) is 0 Å². The van der Waals surface area contributed by atoms with Gasteiger partial charge in [-0.1, -0.05) is 0 Å². The summed E-state index contributed by atoms with van der Waals surface area (Å²) in [5.41, 5.74) is 0. The molecule has 2 heteroatoms. The Labute approximate surface area is 43.4 Å². The molecule has 0 aromatic carbocycles. The van der Waals surface area contributed by atoms with Crippen molar-refractivity contribution < 1.29 is 9.47 Å². The van der Waals surface area contributed by atoms with Crippen LogP contribution in [0, 0.1) is 0 Å². The molecule has 1 saturated heterocycles. The molecule has 1 unspecified atom stereocenters. The number of hydrogen-bond donors (Lipinski definition) is 0. The van der Waals surface area contributed by atoms with Gasteiger partial charge in [0.25, 0.3) is 0 Å². The first-order chi connectivity index (χ1) is 3.43. The Kier molecular flexibility index (Phi) is 1.65. The van der Waals surface area contributed by atoms with Crippen LogP contribution in [0.5, 0.6) is 0 Å². The molecule has 0 N–H and O–H groups in total. The topological polar surface area (TPSA) is 21.8 Å². The van der Waals surface area contributed by atoms with Crippen molar-refractivity contribution in [1.29, 1.82) is 0 Å². The van der Waals surface area contributed by atoms with Crippen LogP contribution in [0.2, 0.25) is 0 Å². The smallest absolute Gasteiger partial charge is 0.0831 e. The lowest BCUT2D eigenvalue weighted by Crippen LogP contribution is -1.92. The zero-order valence-corrected chi connectivity index (χ0v) is 4.52. The van der Waals surface area contributed by atoms with Crippen molar-refractivity contribution in [1.82, 2.24) is 0 Å². The van der Waals surface area contributed by atoms with Crippen LogP contribution >= 0.6 is 0 Å². The molecular weight excluding hydrogens is 92.1 g/mol. The van der Waals surface area contributed by atoms with Crippen molar-refractivity contribution in [3.05, 3.63) is 0 Å². The van der Waals surface area contributed by atoms with Crippen molar-refractivity contribution in [3.8, 4) is 0 Å². The Morgan fingerprint density at radius 2 is 2.57 bits per heavy atom. The third-order valence-electron chi connectivity index (χ3n) is 1.05.